The second-order valence-corrected chi connectivity index (χ2v) is 5.27. The number of nitrogens with two attached hydrogens (primary N) is 1. The highest BCUT2D eigenvalue weighted by molar-refractivity contribution is 9.10. The normalized spacial score (nSPS) is 14.1. The number of hydrogen-bond donors (Lipinski definition) is 1. The summed E-state index contributed by atoms with van der Waals surface area (Å²) in [5.74, 6) is 0.296. The van der Waals surface area contributed by atoms with Crippen molar-refractivity contribution in [3.63, 3.8) is 0 Å². The van der Waals surface area contributed by atoms with Crippen molar-refractivity contribution in [2.75, 3.05) is 0 Å². The van der Waals surface area contributed by atoms with E-state index in [0.717, 1.165) is 17.7 Å². The Morgan fingerprint density at radius 1 is 1.29 bits per heavy atom. The molecule has 0 amide bonds. The van der Waals surface area contributed by atoms with Crippen LogP contribution in [0.4, 0.5) is 13.2 Å². The summed E-state index contributed by atoms with van der Waals surface area (Å²) in [5, 5.41) is 0. The summed E-state index contributed by atoms with van der Waals surface area (Å²) in [6.45, 7) is 3.98. The van der Waals surface area contributed by atoms with E-state index < -0.39 is 11.7 Å². The maximum atomic E-state index is 12.4. The van der Waals surface area contributed by atoms with Crippen LogP contribution in [0, 0.1) is 5.92 Å². The van der Waals surface area contributed by atoms with E-state index in [2.05, 4.69) is 15.9 Å². The van der Waals surface area contributed by atoms with Gasteiger partial charge in [-0.1, -0.05) is 35.8 Å². The Morgan fingerprint density at radius 2 is 1.88 bits per heavy atom. The molecule has 96 valence electrons. The molecule has 2 N–H and O–H groups in total. The third kappa shape index (κ3) is 4.00. The van der Waals surface area contributed by atoms with Crippen molar-refractivity contribution in [1.29, 1.82) is 0 Å². The molecule has 0 aliphatic rings. The van der Waals surface area contributed by atoms with Crippen molar-refractivity contribution in [3.05, 3.63) is 33.8 Å². The Kier molecular flexibility index (Phi) is 4.61. The van der Waals surface area contributed by atoms with Crippen LogP contribution < -0.4 is 5.73 Å². The van der Waals surface area contributed by atoms with Gasteiger partial charge in [0.2, 0.25) is 0 Å². The molecule has 1 unspecified atom stereocenters. The van der Waals surface area contributed by atoms with Gasteiger partial charge in [-0.3, -0.25) is 0 Å². The summed E-state index contributed by atoms with van der Waals surface area (Å²) in [6, 6.07) is 3.62. The molecule has 0 heterocycles. The lowest BCUT2D eigenvalue weighted by Crippen LogP contribution is -2.28. The van der Waals surface area contributed by atoms with E-state index in [1.165, 1.54) is 6.07 Å². The fourth-order valence-corrected chi connectivity index (χ4v) is 1.92. The molecule has 1 nitrogen and oxygen atoms in total. The second-order valence-electron chi connectivity index (χ2n) is 4.42. The van der Waals surface area contributed by atoms with Crippen molar-refractivity contribution in [2.24, 2.45) is 11.7 Å². The molecular formula is C12H15BrF3N. The van der Waals surface area contributed by atoms with Crippen LogP contribution in [0.3, 0.4) is 0 Å². The molecule has 0 spiro atoms. The molecule has 0 aromatic heterocycles. The summed E-state index contributed by atoms with van der Waals surface area (Å²) >= 11 is 3.16. The van der Waals surface area contributed by atoms with Crippen LogP contribution in [0.1, 0.15) is 25.0 Å². The third-order valence-electron chi connectivity index (χ3n) is 2.69. The zero-order valence-corrected chi connectivity index (χ0v) is 11.3. The predicted octanol–water partition coefficient (Wildman–Crippen LogP) is 3.99. The largest absolute Gasteiger partial charge is 0.416 e. The van der Waals surface area contributed by atoms with Crippen LogP contribution in [-0.2, 0) is 12.6 Å². The highest BCUT2D eigenvalue weighted by Crippen LogP contribution is 2.32. The SMILES string of the molecule is CC(C)C(N)Cc1ccc(C(F)(F)F)cc1Br. The molecule has 0 saturated heterocycles. The van der Waals surface area contributed by atoms with E-state index in [1.54, 1.807) is 0 Å². The van der Waals surface area contributed by atoms with Gasteiger partial charge in [0.15, 0.2) is 0 Å². The molecule has 1 aromatic carbocycles. The van der Waals surface area contributed by atoms with E-state index in [0.29, 0.717) is 16.8 Å². The van der Waals surface area contributed by atoms with Crippen LogP contribution >= 0.6 is 15.9 Å². The maximum Gasteiger partial charge on any atom is 0.416 e. The van der Waals surface area contributed by atoms with E-state index in [-0.39, 0.29) is 6.04 Å². The van der Waals surface area contributed by atoms with Gasteiger partial charge >= 0.3 is 6.18 Å². The van der Waals surface area contributed by atoms with Gasteiger partial charge in [0.25, 0.3) is 0 Å². The van der Waals surface area contributed by atoms with E-state index >= 15 is 0 Å². The number of alkyl halides is 3. The minimum Gasteiger partial charge on any atom is -0.327 e. The monoisotopic (exact) mass is 309 g/mol. The minimum atomic E-state index is -4.30. The topological polar surface area (TPSA) is 26.0 Å². The highest BCUT2D eigenvalue weighted by atomic mass is 79.9. The van der Waals surface area contributed by atoms with Crippen molar-refractivity contribution in [3.8, 4) is 0 Å². The smallest absolute Gasteiger partial charge is 0.327 e. The van der Waals surface area contributed by atoms with Crippen molar-refractivity contribution >= 4 is 15.9 Å². The van der Waals surface area contributed by atoms with Gasteiger partial charge in [0, 0.05) is 10.5 Å². The number of rotatable bonds is 3. The summed E-state index contributed by atoms with van der Waals surface area (Å²) in [6.07, 6.45) is -3.74. The molecule has 5 heteroatoms. The summed E-state index contributed by atoms with van der Waals surface area (Å²) < 4.78 is 37.8. The Hall–Kier alpha value is -0.550. The van der Waals surface area contributed by atoms with Gasteiger partial charge in [-0.2, -0.15) is 13.2 Å². The molecular weight excluding hydrogens is 295 g/mol. The van der Waals surface area contributed by atoms with Gasteiger partial charge < -0.3 is 5.73 Å². The first-order valence-electron chi connectivity index (χ1n) is 5.33. The van der Waals surface area contributed by atoms with Gasteiger partial charge in [-0.15, -0.1) is 0 Å². The minimum absolute atomic E-state index is 0.0527. The first-order chi connectivity index (χ1) is 7.71. The van der Waals surface area contributed by atoms with Crippen LogP contribution in [0.5, 0.6) is 0 Å². The first-order valence-corrected chi connectivity index (χ1v) is 6.12. The zero-order valence-electron chi connectivity index (χ0n) is 9.68. The first kappa shape index (κ1) is 14.5. The summed E-state index contributed by atoms with van der Waals surface area (Å²) in [4.78, 5) is 0. The van der Waals surface area contributed by atoms with Gasteiger partial charge in [-0.25, -0.2) is 0 Å². The van der Waals surface area contributed by atoms with Crippen LogP contribution in [0.15, 0.2) is 22.7 Å². The van der Waals surface area contributed by atoms with Crippen molar-refractivity contribution < 1.29 is 13.2 Å². The molecule has 0 fully saturated rings. The standard InChI is InChI=1S/C12H15BrF3N/c1-7(2)11(17)5-8-3-4-9(6-10(8)13)12(14,15)16/h3-4,6-7,11H,5,17H2,1-2H3. The molecule has 0 bridgehead atoms. The number of benzene rings is 1. The molecule has 0 aliphatic carbocycles. The lowest BCUT2D eigenvalue weighted by Gasteiger charge is -2.17. The predicted molar refractivity (Wildman–Crippen MR) is 65.7 cm³/mol. The van der Waals surface area contributed by atoms with Gasteiger partial charge in [-0.05, 0) is 30.0 Å². The molecule has 0 aliphatic heterocycles. The average Bonchev–Trinajstić information content (AvgIpc) is 2.19. The molecule has 1 aromatic rings. The third-order valence-corrected chi connectivity index (χ3v) is 3.43. The number of hydrogen-bond acceptors (Lipinski definition) is 1. The van der Waals surface area contributed by atoms with E-state index in [9.17, 15) is 13.2 Å². The Balaban J connectivity index is 2.91. The Bertz CT molecular complexity index is 388. The Morgan fingerprint density at radius 3 is 2.29 bits per heavy atom. The highest BCUT2D eigenvalue weighted by Gasteiger charge is 2.30. The fraction of sp³-hybridized carbons (Fsp3) is 0.500. The van der Waals surface area contributed by atoms with Crippen molar-refractivity contribution in [2.45, 2.75) is 32.5 Å². The second kappa shape index (κ2) is 5.40. The van der Waals surface area contributed by atoms with Crippen molar-refractivity contribution in [1.82, 2.24) is 0 Å². The summed E-state index contributed by atoms with van der Waals surface area (Å²) in [5.41, 5.74) is 6.06. The van der Waals surface area contributed by atoms with Crippen LogP contribution in [-0.4, -0.2) is 6.04 Å². The zero-order chi connectivity index (χ0) is 13.2. The molecule has 1 rings (SSSR count). The maximum absolute atomic E-state index is 12.4. The number of halogens is 4. The van der Waals surface area contributed by atoms with E-state index in [4.69, 9.17) is 5.73 Å². The summed E-state index contributed by atoms with van der Waals surface area (Å²) in [7, 11) is 0. The average molecular weight is 310 g/mol. The Labute approximate surface area is 107 Å². The molecule has 0 radical (unpaired) electrons. The van der Waals surface area contributed by atoms with E-state index in [1.807, 2.05) is 13.8 Å². The molecule has 1 atom stereocenters. The van der Waals surface area contributed by atoms with Gasteiger partial charge in [0.1, 0.15) is 0 Å². The van der Waals surface area contributed by atoms with Gasteiger partial charge in [0.05, 0.1) is 5.56 Å². The lowest BCUT2D eigenvalue weighted by molar-refractivity contribution is -0.137. The van der Waals surface area contributed by atoms with Crippen LogP contribution in [0.25, 0.3) is 0 Å². The molecule has 0 saturated carbocycles. The fourth-order valence-electron chi connectivity index (χ4n) is 1.38. The lowest BCUT2D eigenvalue weighted by atomic mass is 9.97. The molecule has 17 heavy (non-hydrogen) atoms. The quantitative estimate of drug-likeness (QED) is 0.897. The van der Waals surface area contributed by atoms with Crippen LogP contribution in [0.2, 0.25) is 0 Å².